The molecule has 0 saturated carbocycles. The summed E-state index contributed by atoms with van der Waals surface area (Å²) in [7, 11) is 0. The van der Waals surface area contributed by atoms with Crippen molar-refractivity contribution in [3.05, 3.63) is 35.9 Å². The standard InChI is InChI=1S/C11H14N.BrH.Mg/c1-2-6-11(7-3-1)10-12-8-4-5-9-12;;/h2-3,6-7H,4-5,8-10H2;1H;/q-1;;+2/p-1. The van der Waals surface area contributed by atoms with Crippen molar-refractivity contribution in [2.75, 3.05) is 13.1 Å². The van der Waals surface area contributed by atoms with Crippen LogP contribution in [0.4, 0.5) is 0 Å². The quantitative estimate of drug-likeness (QED) is 0.474. The Morgan fingerprint density at radius 3 is 2.29 bits per heavy atom. The smallest absolute Gasteiger partial charge is 1.00 e. The van der Waals surface area contributed by atoms with Gasteiger partial charge in [0.05, 0.1) is 0 Å². The molecule has 0 radical (unpaired) electrons. The van der Waals surface area contributed by atoms with E-state index >= 15 is 0 Å². The van der Waals surface area contributed by atoms with Crippen molar-refractivity contribution in [2.24, 2.45) is 0 Å². The zero-order valence-corrected chi connectivity index (χ0v) is 11.4. The Balaban J connectivity index is 0.000000845. The van der Waals surface area contributed by atoms with Crippen molar-refractivity contribution in [1.82, 2.24) is 4.90 Å². The first-order chi connectivity index (χ1) is 5.95. The van der Waals surface area contributed by atoms with Gasteiger partial charge in [-0.1, -0.05) is 0 Å². The van der Waals surface area contributed by atoms with Crippen molar-refractivity contribution in [3.8, 4) is 0 Å². The molecule has 1 heterocycles. The van der Waals surface area contributed by atoms with Gasteiger partial charge in [-0.2, -0.15) is 30.3 Å². The fourth-order valence-electron chi connectivity index (χ4n) is 1.73. The van der Waals surface area contributed by atoms with Crippen molar-refractivity contribution in [2.45, 2.75) is 19.4 Å². The van der Waals surface area contributed by atoms with Crippen LogP contribution in [-0.2, 0) is 6.54 Å². The van der Waals surface area contributed by atoms with E-state index in [1.807, 2.05) is 12.1 Å². The predicted molar refractivity (Wildman–Crippen MR) is 55.5 cm³/mol. The molecule has 0 spiro atoms. The van der Waals surface area contributed by atoms with E-state index in [4.69, 9.17) is 0 Å². The third-order valence-electron chi connectivity index (χ3n) is 2.39. The maximum absolute atomic E-state index is 3.04. The van der Waals surface area contributed by atoms with Gasteiger partial charge in [0, 0.05) is 6.54 Å². The summed E-state index contributed by atoms with van der Waals surface area (Å²) in [6.45, 7) is 3.67. The normalized spacial score (nSPS) is 15.7. The second-order valence-corrected chi connectivity index (χ2v) is 3.39. The van der Waals surface area contributed by atoms with Crippen LogP contribution in [0, 0.1) is 6.07 Å². The third kappa shape index (κ3) is 4.30. The van der Waals surface area contributed by atoms with Crippen molar-refractivity contribution in [1.29, 1.82) is 0 Å². The van der Waals surface area contributed by atoms with Crippen LogP contribution >= 0.6 is 0 Å². The maximum Gasteiger partial charge on any atom is 2.00 e. The van der Waals surface area contributed by atoms with Crippen LogP contribution in [0.5, 0.6) is 0 Å². The summed E-state index contributed by atoms with van der Waals surface area (Å²) in [6.07, 6.45) is 2.75. The molecule has 1 aromatic rings. The molecular weight excluding hydrogens is 250 g/mol. The second-order valence-electron chi connectivity index (χ2n) is 3.39. The van der Waals surface area contributed by atoms with Crippen LogP contribution in [0.3, 0.4) is 0 Å². The SMILES string of the molecule is [Br-].[Mg+2].[c-]1ccc(CN2CCCC2)cc1. The van der Waals surface area contributed by atoms with E-state index in [1.165, 1.54) is 31.5 Å². The maximum atomic E-state index is 3.04. The molecule has 0 aromatic heterocycles. The summed E-state index contributed by atoms with van der Waals surface area (Å²) in [4.78, 5) is 2.51. The van der Waals surface area contributed by atoms with Gasteiger partial charge in [-0.25, -0.2) is 0 Å². The zero-order chi connectivity index (χ0) is 8.23. The van der Waals surface area contributed by atoms with E-state index in [1.54, 1.807) is 0 Å². The average molecular weight is 264 g/mol. The van der Waals surface area contributed by atoms with E-state index < -0.39 is 0 Å². The van der Waals surface area contributed by atoms with Gasteiger partial charge in [0.2, 0.25) is 0 Å². The molecule has 1 aromatic carbocycles. The van der Waals surface area contributed by atoms with Gasteiger partial charge >= 0.3 is 23.1 Å². The number of rotatable bonds is 2. The first-order valence-corrected chi connectivity index (χ1v) is 4.62. The molecule has 0 aliphatic carbocycles. The minimum Gasteiger partial charge on any atom is -1.00 e. The van der Waals surface area contributed by atoms with Crippen LogP contribution in [0.15, 0.2) is 24.3 Å². The van der Waals surface area contributed by atoms with Crippen LogP contribution in [0.2, 0.25) is 0 Å². The van der Waals surface area contributed by atoms with Gasteiger partial charge in [0.25, 0.3) is 0 Å². The van der Waals surface area contributed by atoms with E-state index in [-0.39, 0.29) is 40.0 Å². The molecule has 72 valence electrons. The van der Waals surface area contributed by atoms with Gasteiger partial charge in [0.15, 0.2) is 0 Å². The number of nitrogens with zero attached hydrogens (tertiary/aromatic N) is 1. The summed E-state index contributed by atoms with van der Waals surface area (Å²) in [5, 5.41) is 0. The van der Waals surface area contributed by atoms with Crippen LogP contribution in [0.25, 0.3) is 0 Å². The van der Waals surface area contributed by atoms with E-state index in [0.717, 1.165) is 6.54 Å². The fraction of sp³-hybridized carbons (Fsp3) is 0.455. The first-order valence-electron chi connectivity index (χ1n) is 4.62. The van der Waals surface area contributed by atoms with Gasteiger partial charge in [-0.05, 0) is 25.9 Å². The Bertz CT molecular complexity index is 234. The van der Waals surface area contributed by atoms with Gasteiger partial charge in [-0.3, -0.25) is 0 Å². The Labute approximate surface area is 113 Å². The Morgan fingerprint density at radius 2 is 1.71 bits per heavy atom. The topological polar surface area (TPSA) is 3.24 Å². The molecule has 1 saturated heterocycles. The minimum atomic E-state index is 0. The molecule has 2 rings (SSSR count). The zero-order valence-electron chi connectivity index (χ0n) is 8.38. The molecule has 14 heavy (non-hydrogen) atoms. The van der Waals surface area contributed by atoms with Crippen LogP contribution in [-0.4, -0.2) is 41.0 Å². The largest absolute Gasteiger partial charge is 2.00 e. The Hall–Kier alpha value is 0.426. The molecule has 1 nitrogen and oxygen atoms in total. The van der Waals surface area contributed by atoms with E-state index in [9.17, 15) is 0 Å². The molecule has 0 atom stereocenters. The number of hydrogen-bond acceptors (Lipinski definition) is 1. The summed E-state index contributed by atoms with van der Waals surface area (Å²) < 4.78 is 0. The third-order valence-corrected chi connectivity index (χ3v) is 2.39. The number of halogens is 1. The summed E-state index contributed by atoms with van der Waals surface area (Å²) in [6, 6.07) is 11.3. The van der Waals surface area contributed by atoms with Gasteiger partial charge in [0.1, 0.15) is 0 Å². The van der Waals surface area contributed by atoms with E-state index in [0.29, 0.717) is 0 Å². The number of likely N-dealkylation sites (tertiary alicyclic amines) is 1. The van der Waals surface area contributed by atoms with Crippen molar-refractivity contribution < 1.29 is 17.0 Å². The Kier molecular flexibility index (Phi) is 7.92. The van der Waals surface area contributed by atoms with E-state index in [2.05, 4.69) is 23.1 Å². The second kappa shape index (κ2) is 7.68. The average Bonchev–Trinajstić information content (AvgIpc) is 2.59. The van der Waals surface area contributed by atoms with Crippen LogP contribution < -0.4 is 17.0 Å². The number of benzene rings is 1. The fourth-order valence-corrected chi connectivity index (χ4v) is 1.73. The molecule has 3 heteroatoms. The molecule has 1 aliphatic heterocycles. The Morgan fingerprint density at radius 1 is 1.14 bits per heavy atom. The first kappa shape index (κ1) is 14.4. The van der Waals surface area contributed by atoms with Crippen molar-refractivity contribution in [3.63, 3.8) is 0 Å². The summed E-state index contributed by atoms with van der Waals surface area (Å²) in [5.41, 5.74) is 1.41. The predicted octanol–water partition coefficient (Wildman–Crippen LogP) is -1.29. The molecule has 0 amide bonds. The molecular formula is C11H14BrMgN. The molecule has 1 fully saturated rings. The van der Waals surface area contributed by atoms with Gasteiger partial charge < -0.3 is 21.9 Å². The van der Waals surface area contributed by atoms with Crippen LogP contribution in [0.1, 0.15) is 18.4 Å². The monoisotopic (exact) mass is 263 g/mol. The summed E-state index contributed by atoms with van der Waals surface area (Å²) >= 11 is 0. The van der Waals surface area contributed by atoms with Gasteiger partial charge in [-0.15, -0.1) is 5.56 Å². The molecule has 0 N–H and O–H groups in total. The molecule has 0 unspecified atom stereocenters. The molecule has 0 bridgehead atoms. The van der Waals surface area contributed by atoms with Crippen molar-refractivity contribution >= 4 is 23.1 Å². The summed E-state index contributed by atoms with van der Waals surface area (Å²) in [5.74, 6) is 0. The number of hydrogen-bond donors (Lipinski definition) is 0. The minimum absolute atomic E-state index is 0. The molecule has 1 aliphatic rings.